The van der Waals surface area contributed by atoms with Crippen LogP contribution < -0.4 is 0 Å². The minimum absolute atomic E-state index is 0.0928. The van der Waals surface area contributed by atoms with Gasteiger partial charge in [-0.05, 0) is 19.8 Å². The molecule has 0 amide bonds. The van der Waals surface area contributed by atoms with Crippen LogP contribution in [0.15, 0.2) is 12.7 Å². The zero-order valence-electron chi connectivity index (χ0n) is 8.75. The van der Waals surface area contributed by atoms with Crippen LogP contribution in [0.5, 0.6) is 0 Å². The maximum absolute atomic E-state index is 11.4. The molecule has 0 aromatic carbocycles. The van der Waals surface area contributed by atoms with E-state index in [1.807, 2.05) is 13.0 Å². The molecule has 0 aromatic rings. The van der Waals surface area contributed by atoms with Crippen LogP contribution in [0, 0.1) is 5.41 Å². The van der Waals surface area contributed by atoms with E-state index < -0.39 is 0 Å². The summed E-state index contributed by atoms with van der Waals surface area (Å²) < 4.78 is 10.2. The topological polar surface area (TPSA) is 35.5 Å². The van der Waals surface area contributed by atoms with Gasteiger partial charge in [0, 0.05) is 18.6 Å². The highest BCUT2D eigenvalue weighted by Crippen LogP contribution is 2.35. The van der Waals surface area contributed by atoms with Gasteiger partial charge in [-0.25, -0.2) is 0 Å². The van der Waals surface area contributed by atoms with Gasteiger partial charge in [-0.1, -0.05) is 6.08 Å². The third kappa shape index (κ3) is 2.84. The summed E-state index contributed by atoms with van der Waals surface area (Å²) in [5, 5.41) is 0. The fourth-order valence-electron chi connectivity index (χ4n) is 1.73. The van der Waals surface area contributed by atoms with Gasteiger partial charge in [-0.15, -0.1) is 6.58 Å². The number of ether oxygens (including phenoxy) is 2. The molecule has 0 bridgehead atoms. The summed E-state index contributed by atoms with van der Waals surface area (Å²) in [4.78, 5) is 11.4. The standard InChI is InChI=1S/C11H18O3/c1-3-11(5-7-13-8-6-11)9-10(12)14-4-2/h3H,1,4-9H2,2H3. The van der Waals surface area contributed by atoms with Crippen LogP contribution >= 0.6 is 0 Å². The van der Waals surface area contributed by atoms with E-state index in [1.165, 1.54) is 0 Å². The lowest BCUT2D eigenvalue weighted by Crippen LogP contribution is -2.30. The van der Waals surface area contributed by atoms with Crippen molar-refractivity contribution in [3.8, 4) is 0 Å². The van der Waals surface area contributed by atoms with Gasteiger partial charge < -0.3 is 9.47 Å². The van der Waals surface area contributed by atoms with Crippen LogP contribution in [0.2, 0.25) is 0 Å². The van der Waals surface area contributed by atoms with E-state index in [4.69, 9.17) is 9.47 Å². The molecule has 3 heteroatoms. The second-order valence-electron chi connectivity index (χ2n) is 3.66. The molecule has 1 aliphatic heterocycles. The van der Waals surface area contributed by atoms with E-state index >= 15 is 0 Å². The van der Waals surface area contributed by atoms with Crippen molar-refractivity contribution in [2.45, 2.75) is 26.2 Å². The Morgan fingerprint density at radius 2 is 2.21 bits per heavy atom. The van der Waals surface area contributed by atoms with Crippen molar-refractivity contribution in [3.63, 3.8) is 0 Å². The summed E-state index contributed by atoms with van der Waals surface area (Å²) in [6.07, 6.45) is 4.06. The molecule has 1 aliphatic rings. The molecule has 0 aliphatic carbocycles. The van der Waals surface area contributed by atoms with Gasteiger partial charge in [0.1, 0.15) is 0 Å². The van der Waals surface area contributed by atoms with E-state index in [9.17, 15) is 4.79 Å². The van der Waals surface area contributed by atoms with Gasteiger partial charge in [-0.3, -0.25) is 4.79 Å². The fourth-order valence-corrected chi connectivity index (χ4v) is 1.73. The molecule has 80 valence electrons. The molecule has 1 rings (SSSR count). The van der Waals surface area contributed by atoms with Crippen molar-refractivity contribution in [3.05, 3.63) is 12.7 Å². The summed E-state index contributed by atoms with van der Waals surface area (Å²) in [5.74, 6) is -0.130. The smallest absolute Gasteiger partial charge is 0.306 e. The predicted molar refractivity (Wildman–Crippen MR) is 53.9 cm³/mol. The number of allylic oxidation sites excluding steroid dienone is 1. The monoisotopic (exact) mass is 198 g/mol. The lowest BCUT2D eigenvalue weighted by molar-refractivity contribution is -0.146. The summed E-state index contributed by atoms with van der Waals surface area (Å²) in [6.45, 7) is 7.50. The minimum atomic E-state index is -0.130. The summed E-state index contributed by atoms with van der Waals surface area (Å²) in [5.41, 5.74) is -0.0928. The zero-order chi connectivity index (χ0) is 10.4. The SMILES string of the molecule is C=CC1(CC(=O)OCC)CCOCC1. The Kier molecular flexibility index (Phi) is 4.14. The number of esters is 1. The number of carbonyl (C=O) groups is 1. The second-order valence-corrected chi connectivity index (χ2v) is 3.66. The molecule has 0 atom stereocenters. The maximum Gasteiger partial charge on any atom is 0.306 e. The summed E-state index contributed by atoms with van der Waals surface area (Å²) in [6, 6.07) is 0. The third-order valence-electron chi connectivity index (χ3n) is 2.72. The van der Waals surface area contributed by atoms with Crippen molar-refractivity contribution in [1.29, 1.82) is 0 Å². The fraction of sp³-hybridized carbons (Fsp3) is 0.727. The molecule has 0 radical (unpaired) electrons. The highest BCUT2D eigenvalue weighted by atomic mass is 16.5. The number of hydrogen-bond donors (Lipinski definition) is 0. The predicted octanol–water partition coefficient (Wildman–Crippen LogP) is 1.92. The second kappa shape index (κ2) is 5.15. The average molecular weight is 198 g/mol. The maximum atomic E-state index is 11.4. The summed E-state index contributed by atoms with van der Waals surface area (Å²) >= 11 is 0. The Morgan fingerprint density at radius 1 is 1.57 bits per heavy atom. The highest BCUT2D eigenvalue weighted by molar-refractivity contribution is 5.70. The Morgan fingerprint density at radius 3 is 2.71 bits per heavy atom. The van der Waals surface area contributed by atoms with Crippen molar-refractivity contribution in [2.75, 3.05) is 19.8 Å². The molecular formula is C11H18O3. The molecule has 14 heavy (non-hydrogen) atoms. The Balaban J connectivity index is 2.51. The molecule has 1 fully saturated rings. The third-order valence-corrected chi connectivity index (χ3v) is 2.72. The summed E-state index contributed by atoms with van der Waals surface area (Å²) in [7, 11) is 0. The molecule has 0 N–H and O–H groups in total. The Bertz CT molecular complexity index is 205. The first-order valence-electron chi connectivity index (χ1n) is 5.09. The first-order chi connectivity index (χ1) is 6.72. The zero-order valence-corrected chi connectivity index (χ0v) is 8.75. The van der Waals surface area contributed by atoms with E-state index in [0.717, 1.165) is 12.8 Å². The highest BCUT2D eigenvalue weighted by Gasteiger charge is 2.32. The van der Waals surface area contributed by atoms with E-state index in [2.05, 4.69) is 6.58 Å². The molecular weight excluding hydrogens is 180 g/mol. The normalized spacial score (nSPS) is 20.1. The van der Waals surface area contributed by atoms with Crippen molar-refractivity contribution >= 4 is 5.97 Å². The lowest BCUT2D eigenvalue weighted by Gasteiger charge is -2.33. The van der Waals surface area contributed by atoms with Gasteiger partial charge in [0.25, 0.3) is 0 Å². The van der Waals surface area contributed by atoms with E-state index in [0.29, 0.717) is 26.2 Å². The van der Waals surface area contributed by atoms with E-state index in [1.54, 1.807) is 0 Å². The van der Waals surface area contributed by atoms with Gasteiger partial charge in [0.05, 0.1) is 13.0 Å². The quantitative estimate of drug-likeness (QED) is 0.511. The van der Waals surface area contributed by atoms with Crippen molar-refractivity contribution in [1.82, 2.24) is 0 Å². The van der Waals surface area contributed by atoms with Crippen molar-refractivity contribution in [2.24, 2.45) is 5.41 Å². The number of hydrogen-bond acceptors (Lipinski definition) is 3. The molecule has 0 spiro atoms. The van der Waals surface area contributed by atoms with Crippen LogP contribution in [0.3, 0.4) is 0 Å². The van der Waals surface area contributed by atoms with Crippen LogP contribution in [0.25, 0.3) is 0 Å². The first kappa shape index (κ1) is 11.2. The van der Waals surface area contributed by atoms with Crippen LogP contribution in [0.4, 0.5) is 0 Å². The average Bonchev–Trinajstić information content (AvgIpc) is 2.19. The Hall–Kier alpha value is -0.830. The lowest BCUT2D eigenvalue weighted by atomic mass is 9.77. The first-order valence-corrected chi connectivity index (χ1v) is 5.09. The molecule has 0 saturated carbocycles. The van der Waals surface area contributed by atoms with E-state index in [-0.39, 0.29) is 11.4 Å². The van der Waals surface area contributed by atoms with Gasteiger partial charge >= 0.3 is 5.97 Å². The molecule has 1 heterocycles. The van der Waals surface area contributed by atoms with Crippen LogP contribution in [0.1, 0.15) is 26.2 Å². The van der Waals surface area contributed by atoms with Crippen molar-refractivity contribution < 1.29 is 14.3 Å². The molecule has 0 unspecified atom stereocenters. The minimum Gasteiger partial charge on any atom is -0.466 e. The van der Waals surface area contributed by atoms with Crippen LogP contribution in [-0.2, 0) is 14.3 Å². The van der Waals surface area contributed by atoms with Gasteiger partial charge in [0.15, 0.2) is 0 Å². The van der Waals surface area contributed by atoms with Crippen LogP contribution in [-0.4, -0.2) is 25.8 Å². The largest absolute Gasteiger partial charge is 0.466 e. The number of carbonyl (C=O) groups excluding carboxylic acids is 1. The number of rotatable bonds is 4. The van der Waals surface area contributed by atoms with Gasteiger partial charge in [-0.2, -0.15) is 0 Å². The van der Waals surface area contributed by atoms with Gasteiger partial charge in [0.2, 0.25) is 0 Å². The molecule has 1 saturated heterocycles. The molecule has 0 aromatic heterocycles. The molecule has 3 nitrogen and oxygen atoms in total. The Labute approximate surface area is 85.1 Å².